The predicted octanol–water partition coefficient (Wildman–Crippen LogP) is 3.62. The number of halogens is 1. The maximum Gasteiger partial charge on any atom is 0.326 e. The Morgan fingerprint density at radius 3 is 2.83 bits per heavy atom. The highest BCUT2D eigenvalue weighted by Crippen LogP contribution is 2.28. The van der Waals surface area contributed by atoms with Gasteiger partial charge < -0.3 is 9.64 Å². The molecule has 0 atom stereocenters. The number of carbonyl (C=O) groups is 1. The minimum Gasteiger partial charge on any atom is -0.494 e. The fraction of sp³-hybridized carbons (Fsp3) is 0.286. The number of nitrogens with one attached hydrogen (secondary N) is 1. The average molecular weight is 395 g/mol. The van der Waals surface area contributed by atoms with E-state index in [0.29, 0.717) is 25.5 Å². The van der Waals surface area contributed by atoms with Crippen molar-refractivity contribution >= 4 is 11.8 Å². The molecular formula is C21H22FN5O2. The molecular weight excluding hydrogens is 373 g/mol. The highest BCUT2D eigenvalue weighted by atomic mass is 19.1. The molecule has 8 heteroatoms. The topological polar surface area (TPSA) is 74.3 Å². The molecule has 1 aliphatic rings. The Balaban J connectivity index is 1.53. The van der Waals surface area contributed by atoms with E-state index in [0.717, 1.165) is 28.7 Å². The van der Waals surface area contributed by atoms with Gasteiger partial charge in [-0.05, 0) is 35.7 Å². The van der Waals surface area contributed by atoms with Crippen LogP contribution in [0.3, 0.4) is 0 Å². The van der Waals surface area contributed by atoms with Gasteiger partial charge in [0.25, 0.3) is 0 Å². The van der Waals surface area contributed by atoms with Gasteiger partial charge >= 0.3 is 6.03 Å². The molecule has 3 aromatic rings. The molecule has 2 amide bonds. The number of ether oxygens (including phenoxy) is 1. The third-order valence-electron chi connectivity index (χ3n) is 5.13. The molecule has 7 nitrogen and oxygen atoms in total. The summed E-state index contributed by atoms with van der Waals surface area (Å²) >= 11 is 0. The Morgan fingerprint density at radius 2 is 2.10 bits per heavy atom. The SMILES string of the molecule is CCc1cc(N2CCN(Cc3ccc(F)c(OC)c3)C2=O)ncc1-c1cn[nH]c1. The van der Waals surface area contributed by atoms with Crippen LogP contribution < -0.4 is 9.64 Å². The van der Waals surface area contributed by atoms with Crippen molar-refractivity contribution in [1.29, 1.82) is 0 Å². The second-order valence-corrected chi connectivity index (χ2v) is 6.86. The Kier molecular flexibility index (Phi) is 5.16. The number of hydrogen-bond donors (Lipinski definition) is 1. The summed E-state index contributed by atoms with van der Waals surface area (Å²) in [4.78, 5) is 20.9. The van der Waals surface area contributed by atoms with Crippen molar-refractivity contribution in [3.8, 4) is 16.9 Å². The van der Waals surface area contributed by atoms with Crippen LogP contribution in [-0.2, 0) is 13.0 Å². The summed E-state index contributed by atoms with van der Waals surface area (Å²) in [5.41, 5.74) is 3.90. The number of carbonyl (C=O) groups excluding carboxylic acids is 1. The van der Waals surface area contributed by atoms with Gasteiger partial charge in [-0.2, -0.15) is 5.10 Å². The van der Waals surface area contributed by atoms with Gasteiger partial charge in [-0.15, -0.1) is 0 Å². The standard InChI is InChI=1S/C21H22FN5O2/c1-3-15-9-20(23-12-17(15)16-10-24-25-11-16)27-7-6-26(21(27)28)13-14-4-5-18(22)19(8-14)29-2/h4-5,8-12H,3,6-7,13H2,1-2H3,(H,24,25). The van der Waals surface area contributed by atoms with Crippen LogP contribution in [0.2, 0.25) is 0 Å². The van der Waals surface area contributed by atoms with E-state index in [9.17, 15) is 9.18 Å². The summed E-state index contributed by atoms with van der Waals surface area (Å²) in [7, 11) is 1.43. The third-order valence-corrected chi connectivity index (χ3v) is 5.13. The summed E-state index contributed by atoms with van der Waals surface area (Å²) in [5.74, 6) is 0.396. The van der Waals surface area contributed by atoms with E-state index in [2.05, 4.69) is 22.1 Å². The quantitative estimate of drug-likeness (QED) is 0.692. The summed E-state index contributed by atoms with van der Waals surface area (Å²) in [6, 6.07) is 6.50. The molecule has 3 heterocycles. The number of aryl methyl sites for hydroxylation is 1. The van der Waals surface area contributed by atoms with Crippen molar-refractivity contribution < 1.29 is 13.9 Å². The van der Waals surface area contributed by atoms with Gasteiger partial charge in [0, 0.05) is 43.2 Å². The van der Waals surface area contributed by atoms with E-state index in [1.54, 1.807) is 34.3 Å². The van der Waals surface area contributed by atoms with E-state index in [1.165, 1.54) is 13.2 Å². The van der Waals surface area contributed by atoms with E-state index in [4.69, 9.17) is 4.74 Å². The van der Waals surface area contributed by atoms with Crippen molar-refractivity contribution in [2.24, 2.45) is 0 Å². The van der Waals surface area contributed by atoms with Crippen LogP contribution >= 0.6 is 0 Å². The highest BCUT2D eigenvalue weighted by Gasteiger charge is 2.31. The van der Waals surface area contributed by atoms with Crippen LogP contribution in [0, 0.1) is 5.82 Å². The zero-order valence-electron chi connectivity index (χ0n) is 16.4. The number of amides is 2. The second kappa shape index (κ2) is 7.90. The molecule has 0 unspecified atom stereocenters. The number of aromatic amines is 1. The number of pyridine rings is 1. The lowest BCUT2D eigenvalue weighted by atomic mass is 10.0. The van der Waals surface area contributed by atoms with Crippen molar-refractivity contribution in [3.63, 3.8) is 0 Å². The molecule has 0 spiro atoms. The lowest BCUT2D eigenvalue weighted by Crippen LogP contribution is -2.32. The largest absolute Gasteiger partial charge is 0.494 e. The molecule has 0 radical (unpaired) electrons. The molecule has 1 N–H and O–H groups in total. The average Bonchev–Trinajstić information content (AvgIpc) is 3.39. The molecule has 4 rings (SSSR count). The van der Waals surface area contributed by atoms with Gasteiger partial charge in [0.2, 0.25) is 0 Å². The zero-order chi connectivity index (χ0) is 20.4. The molecule has 1 aliphatic heterocycles. The first-order chi connectivity index (χ1) is 14.1. The Morgan fingerprint density at radius 1 is 1.24 bits per heavy atom. The number of aromatic nitrogens is 3. The van der Waals surface area contributed by atoms with Gasteiger partial charge in [-0.1, -0.05) is 13.0 Å². The molecule has 1 fully saturated rings. The minimum absolute atomic E-state index is 0.112. The van der Waals surface area contributed by atoms with Crippen molar-refractivity contribution in [3.05, 3.63) is 59.8 Å². The number of benzene rings is 1. The molecule has 2 aromatic heterocycles. The summed E-state index contributed by atoms with van der Waals surface area (Å²) < 4.78 is 18.7. The molecule has 1 saturated heterocycles. The van der Waals surface area contributed by atoms with Crippen LogP contribution in [-0.4, -0.2) is 46.3 Å². The van der Waals surface area contributed by atoms with Gasteiger partial charge in [-0.3, -0.25) is 10.00 Å². The van der Waals surface area contributed by atoms with Gasteiger partial charge in [0.05, 0.1) is 13.3 Å². The number of anilines is 1. The maximum atomic E-state index is 13.6. The highest BCUT2D eigenvalue weighted by molar-refractivity contribution is 5.93. The minimum atomic E-state index is -0.417. The van der Waals surface area contributed by atoms with Crippen molar-refractivity contribution in [2.75, 3.05) is 25.1 Å². The van der Waals surface area contributed by atoms with E-state index < -0.39 is 5.82 Å². The van der Waals surface area contributed by atoms with Gasteiger partial charge in [-0.25, -0.2) is 14.2 Å². The van der Waals surface area contributed by atoms with Crippen molar-refractivity contribution in [2.45, 2.75) is 19.9 Å². The third kappa shape index (κ3) is 3.65. The first-order valence-electron chi connectivity index (χ1n) is 9.47. The lowest BCUT2D eigenvalue weighted by Gasteiger charge is -2.19. The monoisotopic (exact) mass is 395 g/mol. The predicted molar refractivity (Wildman–Crippen MR) is 107 cm³/mol. The molecule has 0 bridgehead atoms. The van der Waals surface area contributed by atoms with E-state index in [1.807, 2.05) is 12.3 Å². The van der Waals surface area contributed by atoms with Crippen LogP contribution in [0.1, 0.15) is 18.1 Å². The van der Waals surface area contributed by atoms with Crippen LogP contribution in [0.15, 0.2) is 42.9 Å². The Labute approximate surface area is 168 Å². The lowest BCUT2D eigenvalue weighted by molar-refractivity contribution is 0.218. The fourth-order valence-electron chi connectivity index (χ4n) is 3.55. The normalized spacial score (nSPS) is 14.0. The Hall–Kier alpha value is -3.42. The number of urea groups is 1. The molecule has 29 heavy (non-hydrogen) atoms. The first kappa shape index (κ1) is 18.9. The second-order valence-electron chi connectivity index (χ2n) is 6.86. The number of rotatable bonds is 6. The molecule has 150 valence electrons. The van der Waals surface area contributed by atoms with Gasteiger partial charge in [0.1, 0.15) is 5.82 Å². The van der Waals surface area contributed by atoms with Crippen LogP contribution in [0.4, 0.5) is 15.0 Å². The molecule has 1 aromatic carbocycles. The van der Waals surface area contributed by atoms with Crippen LogP contribution in [0.25, 0.3) is 11.1 Å². The van der Waals surface area contributed by atoms with E-state index in [-0.39, 0.29) is 11.8 Å². The number of hydrogen-bond acceptors (Lipinski definition) is 4. The van der Waals surface area contributed by atoms with Gasteiger partial charge in [0.15, 0.2) is 11.6 Å². The first-order valence-corrected chi connectivity index (χ1v) is 9.47. The van der Waals surface area contributed by atoms with Crippen molar-refractivity contribution in [1.82, 2.24) is 20.1 Å². The number of methoxy groups -OCH3 is 1. The molecule has 0 aliphatic carbocycles. The smallest absolute Gasteiger partial charge is 0.326 e. The zero-order valence-corrected chi connectivity index (χ0v) is 16.4. The summed E-state index contributed by atoms with van der Waals surface area (Å²) in [6.45, 7) is 3.59. The maximum absolute atomic E-state index is 13.6. The summed E-state index contributed by atoms with van der Waals surface area (Å²) in [6.07, 6.45) is 6.20. The fourth-order valence-corrected chi connectivity index (χ4v) is 3.55. The number of H-pyrrole nitrogens is 1. The van der Waals surface area contributed by atoms with Crippen LogP contribution in [0.5, 0.6) is 5.75 Å². The summed E-state index contributed by atoms with van der Waals surface area (Å²) in [5, 5.41) is 6.81. The Bertz CT molecular complexity index is 1020. The van der Waals surface area contributed by atoms with E-state index >= 15 is 0 Å². The molecule has 0 saturated carbocycles. The number of nitrogens with zero attached hydrogens (tertiary/aromatic N) is 4.